The number of aromatic nitrogens is 1. The number of carbonyl (C=O) groups excluding carboxylic acids is 1. The Kier molecular flexibility index (Phi) is 3.58. The van der Waals surface area contributed by atoms with Crippen molar-refractivity contribution in [2.45, 2.75) is 25.8 Å². The van der Waals surface area contributed by atoms with Crippen molar-refractivity contribution in [3.63, 3.8) is 0 Å². The van der Waals surface area contributed by atoms with Gasteiger partial charge in [0.2, 0.25) is 0 Å². The van der Waals surface area contributed by atoms with Gasteiger partial charge in [0.05, 0.1) is 9.58 Å². The molecule has 2 unspecified atom stereocenters. The lowest BCUT2D eigenvalue weighted by Crippen LogP contribution is -2.31. The first-order chi connectivity index (χ1) is 10.6. The van der Waals surface area contributed by atoms with E-state index in [4.69, 9.17) is 10.7 Å². The number of nitrogens with two attached hydrogens (primary N) is 1. The Labute approximate surface area is 137 Å². The highest BCUT2D eigenvalue weighted by molar-refractivity contribution is 7.29. The molecule has 2 aliphatic rings. The van der Waals surface area contributed by atoms with Crippen LogP contribution >= 0.6 is 22.7 Å². The van der Waals surface area contributed by atoms with Crippen molar-refractivity contribution in [2.24, 2.45) is 11.7 Å². The fourth-order valence-electron chi connectivity index (χ4n) is 3.19. The molecular weight excluding hydrogens is 316 g/mol. The molecule has 118 valence electrons. The topological polar surface area (TPSA) is 62.5 Å². The normalized spacial score (nSPS) is 25.5. The van der Waals surface area contributed by atoms with Crippen LogP contribution in [0.5, 0.6) is 0 Å². The summed E-state index contributed by atoms with van der Waals surface area (Å²) in [6.07, 6.45) is 2.51. The van der Waals surface area contributed by atoms with Gasteiger partial charge in [0.15, 0.2) is 5.13 Å². The molecule has 2 aliphatic heterocycles. The predicted octanol–water partition coefficient (Wildman–Crippen LogP) is 2.38. The standard InChI is InChI=1S/C15H20N4OS2/c1-9-7-19(8-10(9)16)14(20)12-6-11-13(21-12)17-15(22-11)18-4-2-3-5-18/h6,9-10H,2-5,7-8,16H2,1H3. The van der Waals surface area contributed by atoms with Crippen LogP contribution in [-0.2, 0) is 0 Å². The van der Waals surface area contributed by atoms with Crippen LogP contribution in [0.1, 0.15) is 29.4 Å². The average molecular weight is 336 g/mol. The second kappa shape index (κ2) is 5.47. The minimum Gasteiger partial charge on any atom is -0.348 e. The number of carbonyl (C=O) groups is 1. The molecule has 0 saturated carbocycles. The quantitative estimate of drug-likeness (QED) is 0.914. The van der Waals surface area contributed by atoms with Gasteiger partial charge in [0.1, 0.15) is 4.83 Å². The summed E-state index contributed by atoms with van der Waals surface area (Å²) >= 11 is 3.22. The Bertz CT molecular complexity index is 662. The molecule has 0 radical (unpaired) electrons. The summed E-state index contributed by atoms with van der Waals surface area (Å²) in [6, 6.07) is 2.11. The third-order valence-corrected chi connectivity index (χ3v) is 6.83. The van der Waals surface area contributed by atoms with E-state index in [2.05, 4.69) is 11.8 Å². The van der Waals surface area contributed by atoms with Gasteiger partial charge < -0.3 is 15.5 Å². The molecule has 7 heteroatoms. The number of amides is 1. The first kappa shape index (κ1) is 14.4. The summed E-state index contributed by atoms with van der Waals surface area (Å²) in [5.41, 5.74) is 6.02. The zero-order valence-corrected chi connectivity index (χ0v) is 14.3. The minimum absolute atomic E-state index is 0.102. The summed E-state index contributed by atoms with van der Waals surface area (Å²) in [4.78, 5) is 23.3. The van der Waals surface area contributed by atoms with E-state index in [9.17, 15) is 4.79 Å². The van der Waals surface area contributed by atoms with E-state index < -0.39 is 0 Å². The fraction of sp³-hybridized carbons (Fsp3) is 0.600. The van der Waals surface area contributed by atoms with Crippen molar-refractivity contribution in [1.29, 1.82) is 0 Å². The molecule has 22 heavy (non-hydrogen) atoms. The number of anilines is 1. The van der Waals surface area contributed by atoms with Gasteiger partial charge in [-0.2, -0.15) is 0 Å². The molecule has 4 rings (SSSR count). The minimum atomic E-state index is 0.102. The van der Waals surface area contributed by atoms with Crippen molar-refractivity contribution >= 4 is 43.2 Å². The van der Waals surface area contributed by atoms with Crippen LogP contribution < -0.4 is 10.6 Å². The Morgan fingerprint density at radius 3 is 2.73 bits per heavy atom. The molecule has 2 fully saturated rings. The summed E-state index contributed by atoms with van der Waals surface area (Å²) in [7, 11) is 0. The van der Waals surface area contributed by atoms with Gasteiger partial charge in [-0.1, -0.05) is 18.3 Å². The highest BCUT2D eigenvalue weighted by Gasteiger charge is 2.31. The van der Waals surface area contributed by atoms with Gasteiger partial charge in [-0.3, -0.25) is 4.79 Å². The maximum absolute atomic E-state index is 12.6. The van der Waals surface area contributed by atoms with Gasteiger partial charge in [0, 0.05) is 32.2 Å². The van der Waals surface area contributed by atoms with E-state index in [0.717, 1.165) is 39.2 Å². The number of hydrogen-bond donors (Lipinski definition) is 1. The SMILES string of the molecule is CC1CN(C(=O)c2cc3sc(N4CCCC4)nc3s2)CC1N. The first-order valence-electron chi connectivity index (χ1n) is 7.82. The van der Waals surface area contributed by atoms with E-state index in [-0.39, 0.29) is 11.9 Å². The van der Waals surface area contributed by atoms with Crippen LogP contribution in [0, 0.1) is 5.92 Å². The molecule has 1 amide bonds. The fourth-order valence-corrected chi connectivity index (χ4v) is 5.42. The number of thiazole rings is 1. The molecule has 4 heterocycles. The molecule has 0 aliphatic carbocycles. The zero-order chi connectivity index (χ0) is 15.3. The highest BCUT2D eigenvalue weighted by Crippen LogP contribution is 2.36. The van der Waals surface area contributed by atoms with Gasteiger partial charge in [0.25, 0.3) is 5.91 Å². The second-order valence-electron chi connectivity index (χ2n) is 6.32. The van der Waals surface area contributed by atoms with Crippen LogP contribution in [0.3, 0.4) is 0 Å². The number of fused-ring (bicyclic) bond motifs is 1. The van der Waals surface area contributed by atoms with Crippen molar-refractivity contribution < 1.29 is 4.79 Å². The van der Waals surface area contributed by atoms with E-state index in [0.29, 0.717) is 12.5 Å². The number of rotatable bonds is 2. The van der Waals surface area contributed by atoms with E-state index in [1.54, 1.807) is 11.3 Å². The molecule has 5 nitrogen and oxygen atoms in total. The Hall–Kier alpha value is -1.18. The summed E-state index contributed by atoms with van der Waals surface area (Å²) < 4.78 is 1.13. The summed E-state index contributed by atoms with van der Waals surface area (Å²) in [5, 5.41) is 1.11. The predicted molar refractivity (Wildman–Crippen MR) is 92.0 cm³/mol. The van der Waals surface area contributed by atoms with Crippen LogP contribution in [0.2, 0.25) is 0 Å². The molecule has 2 N–H and O–H groups in total. The number of thiophene rings is 1. The highest BCUT2D eigenvalue weighted by atomic mass is 32.1. The van der Waals surface area contributed by atoms with Crippen LogP contribution in [0.4, 0.5) is 5.13 Å². The molecule has 0 bridgehead atoms. The maximum atomic E-state index is 12.6. The van der Waals surface area contributed by atoms with Gasteiger partial charge in [-0.25, -0.2) is 4.98 Å². The molecule has 2 saturated heterocycles. The third-order valence-electron chi connectivity index (χ3n) is 4.62. The lowest BCUT2D eigenvalue weighted by Gasteiger charge is -2.14. The van der Waals surface area contributed by atoms with Crippen molar-refractivity contribution in [1.82, 2.24) is 9.88 Å². The van der Waals surface area contributed by atoms with Crippen LogP contribution in [0.25, 0.3) is 9.53 Å². The van der Waals surface area contributed by atoms with Crippen molar-refractivity contribution in [2.75, 3.05) is 31.1 Å². The van der Waals surface area contributed by atoms with Crippen molar-refractivity contribution in [3.8, 4) is 0 Å². The van der Waals surface area contributed by atoms with E-state index >= 15 is 0 Å². The number of hydrogen-bond acceptors (Lipinski definition) is 6. The molecule has 0 spiro atoms. The van der Waals surface area contributed by atoms with Crippen LogP contribution in [-0.4, -0.2) is 48.0 Å². The average Bonchev–Trinajstić information content (AvgIpc) is 3.21. The van der Waals surface area contributed by atoms with Gasteiger partial charge in [-0.05, 0) is 24.8 Å². The van der Waals surface area contributed by atoms with Gasteiger partial charge >= 0.3 is 0 Å². The largest absolute Gasteiger partial charge is 0.348 e. The molecular formula is C15H20N4OS2. The second-order valence-corrected chi connectivity index (χ2v) is 8.36. The van der Waals surface area contributed by atoms with Gasteiger partial charge in [-0.15, -0.1) is 11.3 Å². The summed E-state index contributed by atoms with van der Waals surface area (Å²) in [6.45, 7) is 5.75. The van der Waals surface area contributed by atoms with Crippen molar-refractivity contribution in [3.05, 3.63) is 10.9 Å². The number of nitrogens with zero attached hydrogens (tertiary/aromatic N) is 3. The zero-order valence-electron chi connectivity index (χ0n) is 12.6. The Balaban J connectivity index is 1.55. The van der Waals surface area contributed by atoms with Crippen LogP contribution in [0.15, 0.2) is 6.07 Å². The molecule has 2 atom stereocenters. The maximum Gasteiger partial charge on any atom is 0.264 e. The molecule has 0 aromatic carbocycles. The third kappa shape index (κ3) is 2.41. The Morgan fingerprint density at radius 1 is 1.32 bits per heavy atom. The summed E-state index contributed by atoms with van der Waals surface area (Å²) in [5.74, 6) is 0.489. The first-order valence-corrected chi connectivity index (χ1v) is 9.45. The van der Waals surface area contributed by atoms with E-state index in [1.807, 2.05) is 11.0 Å². The number of likely N-dealkylation sites (tertiary alicyclic amines) is 1. The Morgan fingerprint density at radius 2 is 2.09 bits per heavy atom. The molecule has 2 aromatic rings. The van der Waals surface area contributed by atoms with E-state index in [1.165, 1.54) is 24.2 Å². The smallest absolute Gasteiger partial charge is 0.264 e. The lowest BCUT2D eigenvalue weighted by molar-refractivity contribution is 0.0791. The monoisotopic (exact) mass is 336 g/mol. The lowest BCUT2D eigenvalue weighted by atomic mass is 10.1. The molecule has 2 aromatic heterocycles.